The fraction of sp³-hybridized carbons (Fsp3) is 1.00. The van der Waals surface area contributed by atoms with Gasteiger partial charge in [0.05, 0.1) is 0 Å². The Balaban J connectivity index is 2.19. The molecule has 0 aromatic heterocycles. The topological polar surface area (TPSA) is 52.7 Å². The highest BCUT2D eigenvalue weighted by molar-refractivity contribution is 7.86. The van der Waals surface area contributed by atoms with Crippen LogP contribution in [-0.4, -0.2) is 55.8 Å². The molecule has 0 aromatic carbocycles. The fourth-order valence-corrected chi connectivity index (χ4v) is 5.90. The van der Waals surface area contributed by atoms with Crippen molar-refractivity contribution in [3.63, 3.8) is 0 Å². The van der Waals surface area contributed by atoms with Crippen LogP contribution in [0.5, 0.6) is 0 Å². The summed E-state index contributed by atoms with van der Waals surface area (Å²) in [5, 5.41) is 3.41. The molecule has 2 heterocycles. The van der Waals surface area contributed by atoms with Crippen LogP contribution < -0.4 is 5.32 Å². The summed E-state index contributed by atoms with van der Waals surface area (Å²) in [6.45, 7) is 10.1. The first kappa shape index (κ1) is 16.2. The van der Waals surface area contributed by atoms with Gasteiger partial charge in [-0.2, -0.15) is 17.0 Å². The Morgan fingerprint density at radius 2 is 1.80 bits per heavy atom. The van der Waals surface area contributed by atoms with Gasteiger partial charge >= 0.3 is 0 Å². The van der Waals surface area contributed by atoms with E-state index in [2.05, 4.69) is 12.2 Å². The van der Waals surface area contributed by atoms with Crippen LogP contribution in [0.15, 0.2) is 0 Å². The minimum atomic E-state index is -3.29. The van der Waals surface area contributed by atoms with Gasteiger partial charge in [-0.1, -0.05) is 20.8 Å². The van der Waals surface area contributed by atoms with Crippen molar-refractivity contribution < 1.29 is 8.42 Å². The normalized spacial score (nSPS) is 31.1. The van der Waals surface area contributed by atoms with E-state index in [0.29, 0.717) is 31.5 Å². The number of rotatable bonds is 7. The van der Waals surface area contributed by atoms with Gasteiger partial charge in [0.15, 0.2) is 0 Å². The van der Waals surface area contributed by atoms with E-state index >= 15 is 0 Å². The molecule has 2 fully saturated rings. The minimum absolute atomic E-state index is 0.177. The summed E-state index contributed by atoms with van der Waals surface area (Å²) in [5.41, 5.74) is 0. The average molecular weight is 303 g/mol. The maximum absolute atomic E-state index is 12.9. The van der Waals surface area contributed by atoms with Gasteiger partial charge in [0.2, 0.25) is 0 Å². The van der Waals surface area contributed by atoms with E-state index in [4.69, 9.17) is 0 Å². The molecule has 1 N–H and O–H groups in total. The lowest BCUT2D eigenvalue weighted by Gasteiger charge is -2.32. The predicted molar refractivity (Wildman–Crippen MR) is 81.7 cm³/mol. The first-order valence-corrected chi connectivity index (χ1v) is 9.43. The smallest absolute Gasteiger partial charge is 0.282 e. The molecule has 0 saturated carbocycles. The first-order chi connectivity index (χ1) is 9.56. The summed E-state index contributed by atoms with van der Waals surface area (Å²) in [6, 6.07) is 0.177. The third-order valence-corrected chi connectivity index (χ3v) is 6.69. The zero-order valence-electron chi connectivity index (χ0n) is 13.0. The van der Waals surface area contributed by atoms with E-state index in [1.165, 1.54) is 0 Å². The summed E-state index contributed by atoms with van der Waals surface area (Å²) in [4.78, 5) is 0. The Morgan fingerprint density at radius 3 is 2.35 bits per heavy atom. The van der Waals surface area contributed by atoms with Gasteiger partial charge in [-0.3, -0.25) is 0 Å². The highest BCUT2D eigenvalue weighted by Gasteiger charge is 2.48. The summed E-state index contributed by atoms with van der Waals surface area (Å²) < 4.78 is 29.4. The van der Waals surface area contributed by atoms with E-state index in [-0.39, 0.29) is 6.04 Å². The zero-order chi connectivity index (χ0) is 14.8. The van der Waals surface area contributed by atoms with Crippen molar-refractivity contribution in [1.82, 2.24) is 13.9 Å². The third-order valence-electron chi connectivity index (χ3n) is 4.66. The molecule has 0 aliphatic carbocycles. The largest absolute Gasteiger partial charge is 0.316 e. The molecule has 2 aliphatic heterocycles. The molecule has 0 radical (unpaired) electrons. The van der Waals surface area contributed by atoms with E-state index in [9.17, 15) is 8.42 Å². The third kappa shape index (κ3) is 2.89. The number of hydrogen-bond donors (Lipinski definition) is 1. The van der Waals surface area contributed by atoms with E-state index in [1.807, 2.05) is 13.8 Å². The molecular weight excluding hydrogens is 274 g/mol. The molecule has 3 unspecified atom stereocenters. The van der Waals surface area contributed by atoms with Crippen molar-refractivity contribution in [2.45, 2.75) is 46.1 Å². The van der Waals surface area contributed by atoms with Crippen molar-refractivity contribution in [3.8, 4) is 0 Å². The Labute approximate surface area is 123 Å². The van der Waals surface area contributed by atoms with Crippen molar-refractivity contribution in [2.75, 3.05) is 32.7 Å². The van der Waals surface area contributed by atoms with Gasteiger partial charge < -0.3 is 5.32 Å². The molecule has 2 aliphatic rings. The molecule has 5 nitrogen and oxygen atoms in total. The van der Waals surface area contributed by atoms with Crippen LogP contribution in [0.4, 0.5) is 0 Å². The van der Waals surface area contributed by atoms with Crippen LogP contribution >= 0.6 is 0 Å². The lowest BCUT2D eigenvalue weighted by atomic mass is 9.93. The van der Waals surface area contributed by atoms with Crippen LogP contribution in [0, 0.1) is 11.8 Å². The van der Waals surface area contributed by atoms with Gasteiger partial charge in [-0.25, -0.2) is 0 Å². The molecule has 20 heavy (non-hydrogen) atoms. The van der Waals surface area contributed by atoms with Crippen molar-refractivity contribution in [2.24, 2.45) is 11.8 Å². The second kappa shape index (κ2) is 6.73. The van der Waals surface area contributed by atoms with Crippen molar-refractivity contribution >= 4 is 10.2 Å². The molecule has 0 amide bonds. The van der Waals surface area contributed by atoms with Crippen molar-refractivity contribution in [1.29, 1.82) is 0 Å². The Kier molecular flexibility index (Phi) is 5.45. The number of nitrogens with zero attached hydrogens (tertiary/aromatic N) is 2. The lowest BCUT2D eigenvalue weighted by molar-refractivity contribution is 0.292. The minimum Gasteiger partial charge on any atom is -0.316 e. The van der Waals surface area contributed by atoms with Gasteiger partial charge in [-0.05, 0) is 44.2 Å². The second-order valence-corrected chi connectivity index (χ2v) is 7.92. The Hall–Kier alpha value is -0.170. The molecule has 6 heteroatoms. The summed E-state index contributed by atoms with van der Waals surface area (Å²) in [7, 11) is -3.29. The average Bonchev–Trinajstić information content (AvgIpc) is 2.98. The molecule has 118 valence electrons. The van der Waals surface area contributed by atoms with E-state index < -0.39 is 10.2 Å². The highest BCUT2D eigenvalue weighted by Crippen LogP contribution is 2.36. The molecule has 2 rings (SSSR count). The summed E-state index contributed by atoms with van der Waals surface area (Å²) in [6.07, 6.45) is 2.66. The van der Waals surface area contributed by atoms with Crippen LogP contribution in [0.25, 0.3) is 0 Å². The Morgan fingerprint density at radius 1 is 1.15 bits per heavy atom. The fourth-order valence-electron chi connectivity index (χ4n) is 3.74. The molecular formula is C14H29N3O2S. The number of nitrogens with one attached hydrogen (secondary N) is 1. The number of fused-ring (bicyclic) bond motifs is 1. The van der Waals surface area contributed by atoms with Crippen LogP contribution in [0.3, 0.4) is 0 Å². The molecule has 0 bridgehead atoms. The van der Waals surface area contributed by atoms with Gasteiger partial charge in [0.1, 0.15) is 0 Å². The quantitative estimate of drug-likeness (QED) is 0.771. The molecule has 0 aromatic rings. The lowest BCUT2D eigenvalue weighted by Crippen LogP contribution is -2.48. The van der Waals surface area contributed by atoms with E-state index in [0.717, 1.165) is 32.4 Å². The Bertz CT molecular complexity index is 407. The van der Waals surface area contributed by atoms with Gasteiger partial charge in [0, 0.05) is 25.7 Å². The monoisotopic (exact) mass is 303 g/mol. The zero-order valence-corrected chi connectivity index (χ0v) is 13.8. The van der Waals surface area contributed by atoms with Crippen LogP contribution in [-0.2, 0) is 10.2 Å². The summed E-state index contributed by atoms with van der Waals surface area (Å²) >= 11 is 0. The molecule has 3 atom stereocenters. The second-order valence-electron chi connectivity index (χ2n) is 6.03. The first-order valence-electron chi connectivity index (χ1n) is 8.03. The maximum atomic E-state index is 12.9. The highest BCUT2D eigenvalue weighted by atomic mass is 32.2. The standard InChI is InChI=1S/C14H29N3O2S/c1-4-7-16(8-5-2)20(18,19)17-11-12-9-15-10-13(12)14(17)6-3/h12-15H,4-11H2,1-3H3. The van der Waals surface area contributed by atoms with E-state index in [1.54, 1.807) is 8.61 Å². The SMILES string of the molecule is CCCN(CCC)S(=O)(=O)N1CC2CNCC2C1CC. The van der Waals surface area contributed by atoms with Crippen LogP contribution in [0.2, 0.25) is 0 Å². The summed E-state index contributed by atoms with van der Waals surface area (Å²) in [5.74, 6) is 1.000. The number of hydrogen-bond acceptors (Lipinski definition) is 3. The van der Waals surface area contributed by atoms with Gasteiger partial charge in [0.25, 0.3) is 10.2 Å². The van der Waals surface area contributed by atoms with Crippen molar-refractivity contribution in [3.05, 3.63) is 0 Å². The van der Waals surface area contributed by atoms with Crippen LogP contribution in [0.1, 0.15) is 40.0 Å². The molecule has 2 saturated heterocycles. The van der Waals surface area contributed by atoms with Gasteiger partial charge in [-0.15, -0.1) is 0 Å². The maximum Gasteiger partial charge on any atom is 0.282 e. The predicted octanol–water partition coefficient (Wildman–Crippen LogP) is 1.28. The molecule has 0 spiro atoms.